The third-order valence-electron chi connectivity index (χ3n) is 6.60. The summed E-state index contributed by atoms with van der Waals surface area (Å²) in [6.07, 6.45) is 0.243. The van der Waals surface area contributed by atoms with E-state index in [1.165, 1.54) is 13.3 Å². The Morgan fingerprint density at radius 2 is 1.93 bits per heavy atom. The summed E-state index contributed by atoms with van der Waals surface area (Å²) in [6, 6.07) is 16.2. The van der Waals surface area contributed by atoms with Crippen molar-refractivity contribution in [3.63, 3.8) is 0 Å². The predicted octanol–water partition coefficient (Wildman–Crippen LogP) is 5.07. The Kier molecular flexibility index (Phi) is 11.9. The van der Waals surface area contributed by atoms with E-state index in [1.54, 1.807) is 68.4 Å². The van der Waals surface area contributed by atoms with Gasteiger partial charge in [-0.3, -0.25) is 5.43 Å². The van der Waals surface area contributed by atoms with Gasteiger partial charge in [-0.2, -0.15) is 10.4 Å². The van der Waals surface area contributed by atoms with E-state index in [9.17, 15) is 14.7 Å². The highest BCUT2D eigenvalue weighted by atomic mass is 79.9. The number of allylic oxidation sites excluding steroid dienone is 1. The van der Waals surface area contributed by atoms with E-state index < -0.39 is 24.3 Å². The highest BCUT2D eigenvalue weighted by molar-refractivity contribution is 9.10. The van der Waals surface area contributed by atoms with Gasteiger partial charge in [0.15, 0.2) is 17.7 Å². The molecule has 0 saturated carbocycles. The number of methoxy groups -OCH3 is 1. The van der Waals surface area contributed by atoms with E-state index in [0.717, 1.165) is 5.56 Å². The van der Waals surface area contributed by atoms with Gasteiger partial charge in [-0.15, -0.1) is 0 Å². The second-order valence-electron chi connectivity index (χ2n) is 9.82. The first-order valence-electron chi connectivity index (χ1n) is 14.0. The Morgan fingerprint density at radius 3 is 2.63 bits per heavy atom. The minimum atomic E-state index is -1.21. The molecule has 0 bridgehead atoms. The normalized spacial score (nSPS) is 15.0. The second kappa shape index (κ2) is 16.0. The number of carbonyl (C=O) groups is 2. The lowest BCUT2D eigenvalue weighted by Crippen LogP contribution is -2.45. The van der Waals surface area contributed by atoms with Crippen LogP contribution in [-0.2, 0) is 16.1 Å². The van der Waals surface area contributed by atoms with Crippen LogP contribution in [0.25, 0.3) is 0 Å². The molecule has 4 N–H and O–H groups in total. The zero-order valence-corrected chi connectivity index (χ0v) is 27.4. The molecule has 1 heterocycles. The third-order valence-corrected chi connectivity index (χ3v) is 7.41. The summed E-state index contributed by atoms with van der Waals surface area (Å²) in [6.45, 7) is 3.77. The lowest BCUT2D eigenvalue weighted by atomic mass is 9.95. The van der Waals surface area contributed by atoms with Crippen molar-refractivity contribution in [3.8, 4) is 23.3 Å². The maximum absolute atomic E-state index is 12.5. The van der Waals surface area contributed by atoms with Gasteiger partial charge >= 0.3 is 12.0 Å². The molecule has 12 nitrogen and oxygen atoms in total. The first-order valence-corrected chi connectivity index (χ1v) is 15.1. The number of benzene rings is 3. The molecule has 0 saturated heterocycles. The van der Waals surface area contributed by atoms with Crippen LogP contribution in [0.4, 0.5) is 4.79 Å². The van der Waals surface area contributed by atoms with Crippen molar-refractivity contribution in [1.82, 2.24) is 16.1 Å². The number of aliphatic hydroxyl groups excluding tert-OH is 1. The molecule has 1 aliphatic rings. The standard InChI is InChI=1S/C32H31BrClN5O7/c1-4-44-26-12-21(29-28(31(41)43-3)18(2)37-32(42)38-29)9-10-25(26)45-17-27(40)39-36-15-22-11-23(34)13-24(33)30(22)46-16-20-7-5-19(14-35)6-8-20/h5-13,15,27,29,39-40H,4,16-17H2,1-3H3,(H2,37,38,42)/b36-15+/t27-,29-/m0/s1. The van der Waals surface area contributed by atoms with E-state index in [2.05, 4.69) is 43.2 Å². The molecule has 2 amide bonds. The second-order valence-corrected chi connectivity index (χ2v) is 11.1. The number of ether oxygens (including phenoxy) is 4. The number of carbonyl (C=O) groups excluding carboxylic acids is 2. The molecule has 0 fully saturated rings. The van der Waals surface area contributed by atoms with Crippen LogP contribution < -0.4 is 30.3 Å². The Labute approximate surface area is 279 Å². The van der Waals surface area contributed by atoms with Crippen molar-refractivity contribution in [2.24, 2.45) is 5.10 Å². The van der Waals surface area contributed by atoms with Crippen molar-refractivity contribution in [2.75, 3.05) is 20.3 Å². The number of rotatable bonds is 13. The topological polar surface area (TPSA) is 164 Å². The van der Waals surface area contributed by atoms with E-state index in [0.29, 0.717) is 55.7 Å². The fraction of sp³-hybridized carbons (Fsp3) is 0.250. The van der Waals surface area contributed by atoms with Crippen molar-refractivity contribution < 1.29 is 33.6 Å². The number of nitriles is 1. The van der Waals surface area contributed by atoms with E-state index in [-0.39, 0.29) is 18.8 Å². The Morgan fingerprint density at radius 1 is 1.17 bits per heavy atom. The van der Waals surface area contributed by atoms with Gasteiger partial charge in [-0.1, -0.05) is 29.8 Å². The number of amides is 2. The largest absolute Gasteiger partial charge is 0.490 e. The number of halogens is 2. The summed E-state index contributed by atoms with van der Waals surface area (Å²) in [4.78, 5) is 24.6. The number of nitrogens with zero attached hydrogens (tertiary/aromatic N) is 2. The molecule has 0 aliphatic carbocycles. The molecule has 0 aromatic heterocycles. The zero-order valence-electron chi connectivity index (χ0n) is 25.1. The summed E-state index contributed by atoms with van der Waals surface area (Å²) < 4.78 is 23.1. The van der Waals surface area contributed by atoms with Crippen LogP contribution in [0.2, 0.25) is 5.02 Å². The summed E-state index contributed by atoms with van der Waals surface area (Å²) in [5.41, 5.74) is 5.77. The minimum Gasteiger partial charge on any atom is -0.490 e. The van der Waals surface area contributed by atoms with Gasteiger partial charge < -0.3 is 34.7 Å². The van der Waals surface area contributed by atoms with Crippen LogP contribution in [0.1, 0.15) is 42.1 Å². The van der Waals surface area contributed by atoms with Gasteiger partial charge in [0.25, 0.3) is 0 Å². The molecule has 3 aromatic carbocycles. The molecule has 1 aliphatic heterocycles. The van der Waals surface area contributed by atoms with Crippen LogP contribution in [0.15, 0.2) is 75.4 Å². The SMILES string of the molecule is CCOc1cc([C@@H]2NC(=O)NC(C)=C2C(=O)OC)ccc1OC[C@H](O)N/N=C/c1cc(Cl)cc(Br)c1OCc1ccc(C#N)cc1. The third kappa shape index (κ3) is 8.69. The number of aliphatic hydroxyl groups is 1. The van der Waals surface area contributed by atoms with Gasteiger partial charge in [0, 0.05) is 16.3 Å². The molecule has 2 atom stereocenters. The predicted molar refractivity (Wildman–Crippen MR) is 174 cm³/mol. The molecule has 240 valence electrons. The smallest absolute Gasteiger partial charge is 0.337 e. The van der Waals surface area contributed by atoms with Crippen LogP contribution in [0, 0.1) is 11.3 Å². The fourth-order valence-electron chi connectivity index (χ4n) is 4.47. The van der Waals surface area contributed by atoms with Crippen molar-refractivity contribution in [3.05, 3.63) is 97.6 Å². The monoisotopic (exact) mass is 711 g/mol. The molecule has 14 heteroatoms. The summed E-state index contributed by atoms with van der Waals surface area (Å²) in [7, 11) is 1.27. The molecule has 4 rings (SSSR count). The van der Waals surface area contributed by atoms with Gasteiger partial charge in [0.2, 0.25) is 0 Å². The van der Waals surface area contributed by atoms with Gasteiger partial charge in [-0.05, 0) is 77.3 Å². The number of hydrazone groups is 1. The first kappa shape index (κ1) is 34.1. The van der Waals surface area contributed by atoms with Crippen molar-refractivity contribution in [2.45, 2.75) is 32.7 Å². The summed E-state index contributed by atoms with van der Waals surface area (Å²) >= 11 is 9.72. The first-order chi connectivity index (χ1) is 22.1. The minimum absolute atomic E-state index is 0.200. The lowest BCUT2D eigenvalue weighted by Gasteiger charge is -2.28. The number of hydrogen-bond acceptors (Lipinski definition) is 10. The van der Waals surface area contributed by atoms with Gasteiger partial charge in [-0.25, -0.2) is 9.59 Å². The van der Waals surface area contributed by atoms with Crippen LogP contribution in [-0.4, -0.2) is 49.9 Å². The number of urea groups is 1. The zero-order chi connectivity index (χ0) is 33.2. The number of esters is 1. The Balaban J connectivity index is 1.42. The molecule has 0 radical (unpaired) electrons. The quantitative estimate of drug-likeness (QED) is 0.0820. The van der Waals surface area contributed by atoms with E-state index in [4.69, 9.17) is 35.8 Å². The average molecular weight is 713 g/mol. The summed E-state index contributed by atoms with van der Waals surface area (Å²) in [5, 5.41) is 29.4. The molecular weight excluding hydrogens is 682 g/mol. The maximum atomic E-state index is 12.5. The number of nitrogens with one attached hydrogen (secondary N) is 3. The van der Waals surface area contributed by atoms with Gasteiger partial charge in [0.1, 0.15) is 19.0 Å². The fourth-order valence-corrected chi connectivity index (χ4v) is 5.42. The lowest BCUT2D eigenvalue weighted by molar-refractivity contribution is -0.136. The van der Waals surface area contributed by atoms with Crippen LogP contribution >= 0.6 is 27.5 Å². The molecule has 0 spiro atoms. The van der Waals surface area contributed by atoms with Gasteiger partial charge in [0.05, 0.1) is 47.7 Å². The average Bonchev–Trinajstić information content (AvgIpc) is 3.03. The van der Waals surface area contributed by atoms with Crippen molar-refractivity contribution >= 4 is 45.7 Å². The summed E-state index contributed by atoms with van der Waals surface area (Å²) in [5.74, 6) is 0.571. The molecule has 46 heavy (non-hydrogen) atoms. The van der Waals surface area contributed by atoms with Crippen LogP contribution in [0.3, 0.4) is 0 Å². The molecule has 3 aromatic rings. The Bertz CT molecular complexity index is 1690. The van der Waals surface area contributed by atoms with E-state index in [1.807, 2.05) is 0 Å². The maximum Gasteiger partial charge on any atom is 0.337 e. The number of hydrogen-bond donors (Lipinski definition) is 4. The van der Waals surface area contributed by atoms with Crippen LogP contribution in [0.5, 0.6) is 17.2 Å². The Hall–Kier alpha value is -4.77. The highest BCUT2D eigenvalue weighted by Crippen LogP contribution is 2.35. The molecular formula is C32H31BrClN5O7. The molecule has 0 unspecified atom stereocenters. The highest BCUT2D eigenvalue weighted by Gasteiger charge is 2.32. The van der Waals surface area contributed by atoms with E-state index >= 15 is 0 Å². The van der Waals surface area contributed by atoms with Crippen molar-refractivity contribution in [1.29, 1.82) is 5.26 Å².